The van der Waals surface area contributed by atoms with Gasteiger partial charge < -0.3 is 9.64 Å². The minimum absolute atomic E-state index is 0.295. The zero-order chi connectivity index (χ0) is 17.5. The first kappa shape index (κ1) is 17.7. The summed E-state index contributed by atoms with van der Waals surface area (Å²) in [7, 11) is 1.32. The van der Waals surface area contributed by atoms with Gasteiger partial charge in [0.05, 0.1) is 13.7 Å². The number of benzene rings is 1. The monoisotopic (exact) mass is 331 g/mol. The first-order chi connectivity index (χ1) is 11.6. The quantitative estimate of drug-likeness (QED) is 0.807. The Morgan fingerprint density at radius 2 is 1.79 bits per heavy atom. The molecule has 0 saturated carbocycles. The summed E-state index contributed by atoms with van der Waals surface area (Å²) >= 11 is 0. The molecule has 1 heterocycles. The smallest absolute Gasteiger partial charge is 0.414 e. The lowest BCUT2D eigenvalue weighted by molar-refractivity contribution is 0.178. The van der Waals surface area contributed by atoms with Crippen molar-refractivity contribution < 1.29 is 13.9 Å². The fourth-order valence-corrected chi connectivity index (χ4v) is 2.42. The maximum Gasteiger partial charge on any atom is 0.414 e. The van der Waals surface area contributed by atoms with Crippen LogP contribution < -0.4 is 9.80 Å². The Morgan fingerprint density at radius 1 is 1.12 bits per heavy atom. The average Bonchev–Trinajstić information content (AvgIpc) is 2.62. The molecule has 0 aliphatic carbocycles. The molecule has 1 amide bonds. The van der Waals surface area contributed by atoms with Crippen LogP contribution in [0, 0.1) is 5.82 Å². The molecule has 0 aliphatic rings. The van der Waals surface area contributed by atoms with Crippen LogP contribution in [0.25, 0.3) is 0 Å². The Labute approximate surface area is 141 Å². The highest BCUT2D eigenvalue weighted by atomic mass is 19.1. The van der Waals surface area contributed by atoms with E-state index in [1.54, 1.807) is 18.3 Å². The minimum atomic E-state index is -0.505. The molecule has 128 valence electrons. The van der Waals surface area contributed by atoms with Gasteiger partial charge in [-0.15, -0.1) is 0 Å². The summed E-state index contributed by atoms with van der Waals surface area (Å²) in [5.41, 5.74) is 1.43. The third-order valence-electron chi connectivity index (χ3n) is 3.77. The molecule has 5 nitrogen and oxygen atoms in total. The highest BCUT2D eigenvalue weighted by Gasteiger charge is 2.17. The molecule has 1 aromatic carbocycles. The van der Waals surface area contributed by atoms with E-state index in [1.807, 2.05) is 12.1 Å². The molecule has 0 aliphatic heterocycles. The van der Waals surface area contributed by atoms with Gasteiger partial charge in [0.25, 0.3) is 0 Å². The average molecular weight is 331 g/mol. The van der Waals surface area contributed by atoms with Crippen molar-refractivity contribution >= 4 is 17.6 Å². The Bertz CT molecular complexity index is 655. The fourth-order valence-electron chi connectivity index (χ4n) is 2.42. The second-order valence-electron chi connectivity index (χ2n) is 5.23. The molecule has 2 rings (SSSR count). The van der Waals surface area contributed by atoms with E-state index in [0.717, 1.165) is 24.5 Å². The first-order valence-electron chi connectivity index (χ1n) is 7.90. The highest BCUT2D eigenvalue weighted by molar-refractivity contribution is 5.87. The lowest BCUT2D eigenvalue weighted by atomic mass is 10.2. The number of pyridine rings is 1. The second kappa shape index (κ2) is 8.29. The number of carbonyl (C=O) groups excluding carboxylic acids is 1. The molecule has 0 saturated heterocycles. The number of ether oxygens (including phenoxy) is 1. The van der Waals surface area contributed by atoms with Crippen LogP contribution in [0.3, 0.4) is 0 Å². The van der Waals surface area contributed by atoms with Gasteiger partial charge >= 0.3 is 6.09 Å². The maximum absolute atomic E-state index is 13.1. The molecule has 0 bridgehead atoms. The maximum atomic E-state index is 13.1. The van der Waals surface area contributed by atoms with Gasteiger partial charge in [0.15, 0.2) is 0 Å². The Kier molecular flexibility index (Phi) is 6.12. The summed E-state index contributed by atoms with van der Waals surface area (Å²) < 4.78 is 17.9. The number of halogens is 1. The van der Waals surface area contributed by atoms with E-state index in [9.17, 15) is 9.18 Å². The molecular formula is C18H22FN3O2. The number of amides is 1. The van der Waals surface area contributed by atoms with E-state index in [0.29, 0.717) is 12.2 Å². The third-order valence-corrected chi connectivity index (χ3v) is 3.77. The van der Waals surface area contributed by atoms with Crippen molar-refractivity contribution in [1.82, 2.24) is 4.98 Å². The van der Waals surface area contributed by atoms with E-state index in [4.69, 9.17) is 4.74 Å². The fraction of sp³-hybridized carbons (Fsp3) is 0.333. The number of hydrogen-bond acceptors (Lipinski definition) is 4. The second-order valence-corrected chi connectivity index (χ2v) is 5.23. The predicted octanol–water partition coefficient (Wildman–Crippen LogP) is 3.84. The van der Waals surface area contributed by atoms with Gasteiger partial charge in [-0.3, -0.25) is 4.90 Å². The summed E-state index contributed by atoms with van der Waals surface area (Å²) in [5.74, 6) is 0.545. The van der Waals surface area contributed by atoms with E-state index in [2.05, 4.69) is 23.7 Å². The Balaban J connectivity index is 2.20. The first-order valence-corrected chi connectivity index (χ1v) is 7.90. The van der Waals surface area contributed by atoms with Gasteiger partial charge in [-0.2, -0.15) is 0 Å². The zero-order valence-corrected chi connectivity index (χ0v) is 14.2. The van der Waals surface area contributed by atoms with Crippen LogP contribution in [0.4, 0.5) is 20.7 Å². The Morgan fingerprint density at radius 3 is 2.29 bits per heavy atom. The van der Waals surface area contributed by atoms with Crippen LogP contribution in [-0.2, 0) is 11.3 Å². The van der Waals surface area contributed by atoms with Crippen LogP contribution in [0.5, 0.6) is 0 Å². The van der Waals surface area contributed by atoms with Gasteiger partial charge in [0.2, 0.25) is 0 Å². The summed E-state index contributed by atoms with van der Waals surface area (Å²) in [6.07, 6.45) is 1.24. The minimum Gasteiger partial charge on any atom is -0.452 e. The summed E-state index contributed by atoms with van der Waals surface area (Å²) in [6.45, 7) is 6.21. The number of aromatic nitrogens is 1. The number of nitrogens with zero attached hydrogens (tertiary/aromatic N) is 3. The predicted molar refractivity (Wildman–Crippen MR) is 92.8 cm³/mol. The molecule has 0 fully saturated rings. The highest BCUT2D eigenvalue weighted by Crippen LogP contribution is 2.20. The number of methoxy groups -OCH3 is 1. The van der Waals surface area contributed by atoms with Crippen LogP contribution in [0.1, 0.15) is 19.4 Å². The molecular weight excluding hydrogens is 309 g/mol. The molecule has 0 atom stereocenters. The Hall–Kier alpha value is -2.63. The van der Waals surface area contributed by atoms with Crippen molar-refractivity contribution in [2.45, 2.75) is 20.4 Å². The van der Waals surface area contributed by atoms with E-state index in [-0.39, 0.29) is 5.82 Å². The number of carbonyl (C=O) groups is 1. The van der Waals surface area contributed by atoms with E-state index in [1.165, 1.54) is 24.1 Å². The lowest BCUT2D eigenvalue weighted by Crippen LogP contribution is -2.30. The van der Waals surface area contributed by atoms with Gasteiger partial charge in [-0.05, 0) is 49.7 Å². The topological polar surface area (TPSA) is 45.7 Å². The zero-order valence-electron chi connectivity index (χ0n) is 14.2. The van der Waals surface area contributed by atoms with Crippen molar-refractivity contribution in [3.63, 3.8) is 0 Å². The van der Waals surface area contributed by atoms with Crippen LogP contribution >= 0.6 is 0 Å². The van der Waals surface area contributed by atoms with E-state index >= 15 is 0 Å². The van der Waals surface area contributed by atoms with E-state index < -0.39 is 6.09 Å². The summed E-state index contributed by atoms with van der Waals surface area (Å²) in [6, 6.07) is 9.58. The number of rotatable bonds is 6. The molecule has 0 N–H and O–H groups in total. The van der Waals surface area contributed by atoms with Crippen LogP contribution in [0.15, 0.2) is 42.6 Å². The van der Waals surface area contributed by atoms with Gasteiger partial charge in [-0.1, -0.05) is 6.07 Å². The number of hydrogen-bond donors (Lipinski definition) is 0. The summed E-state index contributed by atoms with van der Waals surface area (Å²) in [5, 5.41) is 0. The molecule has 0 unspecified atom stereocenters. The molecule has 1 aromatic heterocycles. The van der Waals surface area contributed by atoms with Gasteiger partial charge in [0, 0.05) is 25.0 Å². The summed E-state index contributed by atoms with van der Waals surface area (Å²) in [4.78, 5) is 20.1. The van der Waals surface area contributed by atoms with Crippen molar-refractivity contribution in [3.8, 4) is 0 Å². The van der Waals surface area contributed by atoms with Gasteiger partial charge in [-0.25, -0.2) is 14.2 Å². The van der Waals surface area contributed by atoms with Crippen molar-refractivity contribution in [1.29, 1.82) is 0 Å². The molecule has 0 radical (unpaired) electrons. The lowest BCUT2D eigenvalue weighted by Gasteiger charge is -2.22. The molecule has 6 heteroatoms. The van der Waals surface area contributed by atoms with Crippen LogP contribution in [-0.4, -0.2) is 31.3 Å². The molecule has 2 aromatic rings. The SMILES string of the molecule is CCN(CC)c1ccc(CN(C(=O)OC)c2ccc(F)cc2)cn1. The standard InChI is InChI=1S/C18H22FN3O2/c1-4-21(5-2)17-11-6-14(12-20-17)13-22(18(23)24-3)16-9-7-15(19)8-10-16/h6-12H,4-5,13H2,1-3H3. The number of anilines is 2. The third kappa shape index (κ3) is 4.22. The normalized spacial score (nSPS) is 10.3. The molecule has 0 spiro atoms. The largest absolute Gasteiger partial charge is 0.452 e. The van der Waals surface area contributed by atoms with Gasteiger partial charge in [0.1, 0.15) is 11.6 Å². The van der Waals surface area contributed by atoms with Crippen molar-refractivity contribution in [3.05, 3.63) is 54.0 Å². The van der Waals surface area contributed by atoms with Crippen molar-refractivity contribution in [2.24, 2.45) is 0 Å². The molecule has 24 heavy (non-hydrogen) atoms. The van der Waals surface area contributed by atoms with Crippen molar-refractivity contribution in [2.75, 3.05) is 30.0 Å². The van der Waals surface area contributed by atoms with Crippen LogP contribution in [0.2, 0.25) is 0 Å².